The first kappa shape index (κ1) is 15.7. The second-order valence-corrected chi connectivity index (χ2v) is 4.63. The molecule has 0 amide bonds. The molecule has 0 fully saturated rings. The average molecular weight is 273 g/mol. The van der Waals surface area contributed by atoms with Crippen LogP contribution in [0.5, 0.6) is 11.5 Å². The maximum atomic E-state index is 13.5. The smallest absolute Gasteiger partial charge is 0.274 e. The van der Waals surface area contributed by atoms with Gasteiger partial charge in [-0.05, 0) is 30.5 Å². The Morgan fingerprint density at radius 1 is 1.21 bits per heavy atom. The largest absolute Gasteiger partial charge is 0.496 e. The van der Waals surface area contributed by atoms with Crippen LogP contribution in [0.1, 0.15) is 31.4 Å². The molecular weight excluding hydrogens is 252 g/mol. The summed E-state index contributed by atoms with van der Waals surface area (Å²) in [6, 6.07) is 2.88. The molecule has 5 heteroatoms. The number of nitrogens with two attached hydrogens (primary N) is 1. The van der Waals surface area contributed by atoms with E-state index in [9.17, 15) is 8.78 Å². The van der Waals surface area contributed by atoms with Crippen molar-refractivity contribution in [3.05, 3.63) is 23.3 Å². The van der Waals surface area contributed by atoms with Crippen molar-refractivity contribution < 1.29 is 18.3 Å². The van der Waals surface area contributed by atoms with Crippen molar-refractivity contribution in [2.45, 2.75) is 38.7 Å². The van der Waals surface area contributed by atoms with Crippen molar-refractivity contribution >= 4 is 0 Å². The lowest BCUT2D eigenvalue weighted by Gasteiger charge is -2.19. The Morgan fingerprint density at radius 3 is 2.21 bits per heavy atom. The first-order chi connectivity index (χ1) is 8.83. The molecule has 0 aromatic heterocycles. The molecule has 2 N–H and O–H groups in total. The Bertz CT molecular complexity index is 430. The van der Waals surface area contributed by atoms with Gasteiger partial charge in [-0.3, -0.25) is 0 Å². The van der Waals surface area contributed by atoms with Crippen LogP contribution in [0.2, 0.25) is 0 Å². The molecule has 0 aliphatic rings. The van der Waals surface area contributed by atoms with Crippen LogP contribution in [0.25, 0.3) is 0 Å². The molecule has 0 bridgehead atoms. The molecule has 0 aliphatic heterocycles. The first-order valence-electron chi connectivity index (χ1n) is 6.22. The van der Waals surface area contributed by atoms with Crippen LogP contribution in [0.15, 0.2) is 12.1 Å². The Labute approximate surface area is 112 Å². The van der Waals surface area contributed by atoms with E-state index in [1.54, 1.807) is 6.07 Å². The van der Waals surface area contributed by atoms with Crippen LogP contribution in [-0.4, -0.2) is 20.3 Å². The zero-order valence-electron chi connectivity index (χ0n) is 11.8. The fourth-order valence-corrected chi connectivity index (χ4v) is 1.89. The van der Waals surface area contributed by atoms with Gasteiger partial charge in [0.1, 0.15) is 11.5 Å². The second kappa shape index (κ2) is 6.19. The Balaban J connectivity index is 3.27. The minimum absolute atomic E-state index is 0.0356. The minimum atomic E-state index is -2.98. The number of hydrogen-bond acceptors (Lipinski definition) is 3. The second-order valence-electron chi connectivity index (χ2n) is 4.63. The molecule has 1 aromatic rings. The first-order valence-corrected chi connectivity index (χ1v) is 6.22. The van der Waals surface area contributed by atoms with E-state index >= 15 is 0 Å². The number of rotatable bonds is 6. The van der Waals surface area contributed by atoms with Crippen molar-refractivity contribution in [1.29, 1.82) is 0 Å². The van der Waals surface area contributed by atoms with E-state index in [0.29, 0.717) is 12.2 Å². The van der Waals surface area contributed by atoms with Crippen LogP contribution in [0, 0.1) is 0 Å². The highest BCUT2D eigenvalue weighted by Crippen LogP contribution is 2.39. The van der Waals surface area contributed by atoms with Crippen molar-refractivity contribution in [2.75, 3.05) is 14.2 Å². The standard InChI is InChI=1S/C14H21F2NO2/c1-5-10(17)6-9-7-13(19-4)11(14(2,15)16)8-12(9)18-3/h7-8,10H,5-6,17H2,1-4H3. The van der Waals surface area contributed by atoms with Gasteiger partial charge in [0, 0.05) is 13.0 Å². The van der Waals surface area contributed by atoms with Gasteiger partial charge in [0.25, 0.3) is 5.92 Å². The summed E-state index contributed by atoms with van der Waals surface area (Å²) in [6.07, 6.45) is 1.36. The summed E-state index contributed by atoms with van der Waals surface area (Å²) in [6.45, 7) is 2.81. The van der Waals surface area contributed by atoms with E-state index < -0.39 is 5.92 Å². The molecule has 0 heterocycles. The summed E-state index contributed by atoms with van der Waals surface area (Å²) < 4.78 is 37.3. The molecule has 19 heavy (non-hydrogen) atoms. The Morgan fingerprint density at radius 2 is 1.79 bits per heavy atom. The van der Waals surface area contributed by atoms with Gasteiger partial charge in [-0.2, -0.15) is 0 Å². The van der Waals surface area contributed by atoms with E-state index in [4.69, 9.17) is 15.2 Å². The number of benzene rings is 1. The highest BCUT2D eigenvalue weighted by Gasteiger charge is 2.30. The number of ether oxygens (including phenoxy) is 2. The number of hydrogen-bond donors (Lipinski definition) is 1. The topological polar surface area (TPSA) is 44.5 Å². The van der Waals surface area contributed by atoms with Gasteiger partial charge >= 0.3 is 0 Å². The Kier molecular flexibility index (Phi) is 5.11. The monoisotopic (exact) mass is 273 g/mol. The van der Waals surface area contributed by atoms with Crippen LogP contribution in [-0.2, 0) is 12.3 Å². The third-order valence-electron chi connectivity index (χ3n) is 3.08. The maximum Gasteiger partial charge on any atom is 0.274 e. The average Bonchev–Trinajstić information content (AvgIpc) is 2.36. The van der Waals surface area contributed by atoms with Crippen LogP contribution in [0.4, 0.5) is 8.78 Å². The fraction of sp³-hybridized carbons (Fsp3) is 0.571. The summed E-state index contributed by atoms with van der Waals surface area (Å²) in [5, 5.41) is 0. The molecule has 0 radical (unpaired) electrons. The normalized spacial score (nSPS) is 13.2. The molecular formula is C14H21F2NO2. The van der Waals surface area contributed by atoms with Crippen molar-refractivity contribution in [1.82, 2.24) is 0 Å². The molecule has 0 saturated carbocycles. The lowest BCUT2D eigenvalue weighted by molar-refractivity contribution is 0.0148. The number of alkyl halides is 2. The zero-order valence-corrected chi connectivity index (χ0v) is 11.8. The third-order valence-corrected chi connectivity index (χ3v) is 3.08. The number of halogens is 2. The maximum absolute atomic E-state index is 13.5. The molecule has 0 aliphatic carbocycles. The molecule has 1 aromatic carbocycles. The van der Waals surface area contributed by atoms with Gasteiger partial charge in [0.05, 0.1) is 19.8 Å². The van der Waals surface area contributed by atoms with Gasteiger partial charge in [-0.25, -0.2) is 8.78 Å². The van der Waals surface area contributed by atoms with Crippen LogP contribution < -0.4 is 15.2 Å². The predicted molar refractivity (Wildman–Crippen MR) is 71.1 cm³/mol. The van der Waals surface area contributed by atoms with Gasteiger partial charge < -0.3 is 15.2 Å². The van der Waals surface area contributed by atoms with Crippen molar-refractivity contribution in [3.63, 3.8) is 0 Å². The minimum Gasteiger partial charge on any atom is -0.496 e. The molecule has 0 saturated heterocycles. The lowest BCUT2D eigenvalue weighted by Crippen LogP contribution is -2.22. The SMILES string of the molecule is CCC(N)Cc1cc(OC)c(C(C)(F)F)cc1OC. The van der Waals surface area contributed by atoms with Gasteiger partial charge in [0.15, 0.2) is 0 Å². The number of methoxy groups -OCH3 is 2. The zero-order chi connectivity index (χ0) is 14.6. The molecule has 108 valence electrons. The highest BCUT2D eigenvalue weighted by atomic mass is 19.3. The van der Waals surface area contributed by atoms with E-state index in [1.807, 2.05) is 6.92 Å². The molecule has 1 rings (SSSR count). The van der Waals surface area contributed by atoms with Crippen LogP contribution >= 0.6 is 0 Å². The van der Waals surface area contributed by atoms with E-state index in [0.717, 1.165) is 18.9 Å². The van der Waals surface area contributed by atoms with Crippen molar-refractivity contribution in [3.8, 4) is 11.5 Å². The summed E-state index contributed by atoms with van der Waals surface area (Å²) in [4.78, 5) is 0. The molecule has 3 nitrogen and oxygen atoms in total. The quantitative estimate of drug-likeness (QED) is 0.866. The highest BCUT2D eigenvalue weighted by molar-refractivity contribution is 5.48. The van der Waals surface area contributed by atoms with Gasteiger partial charge in [-0.15, -0.1) is 0 Å². The molecule has 0 spiro atoms. The predicted octanol–water partition coefficient (Wildman–Crippen LogP) is 3.10. The van der Waals surface area contributed by atoms with Crippen LogP contribution in [0.3, 0.4) is 0 Å². The fourth-order valence-electron chi connectivity index (χ4n) is 1.89. The van der Waals surface area contributed by atoms with Gasteiger partial charge in [-0.1, -0.05) is 6.92 Å². The van der Waals surface area contributed by atoms with E-state index in [1.165, 1.54) is 20.3 Å². The molecule has 1 unspecified atom stereocenters. The van der Waals surface area contributed by atoms with Crippen molar-refractivity contribution in [2.24, 2.45) is 5.73 Å². The summed E-state index contributed by atoms with van der Waals surface area (Å²) >= 11 is 0. The third kappa shape index (κ3) is 3.80. The Hall–Kier alpha value is -1.36. The molecule has 1 atom stereocenters. The van der Waals surface area contributed by atoms with Gasteiger partial charge in [0.2, 0.25) is 0 Å². The van der Waals surface area contributed by atoms with E-state index in [-0.39, 0.29) is 17.4 Å². The summed E-state index contributed by atoms with van der Waals surface area (Å²) in [7, 11) is 2.83. The lowest BCUT2D eigenvalue weighted by atomic mass is 9.99. The van der Waals surface area contributed by atoms with E-state index in [2.05, 4.69) is 0 Å². The summed E-state index contributed by atoms with van der Waals surface area (Å²) in [5.41, 5.74) is 6.50. The summed E-state index contributed by atoms with van der Waals surface area (Å²) in [5.74, 6) is -2.41.